The van der Waals surface area contributed by atoms with Crippen molar-refractivity contribution in [2.75, 3.05) is 18.0 Å². The van der Waals surface area contributed by atoms with E-state index in [1.54, 1.807) is 40.1 Å². The average molecular weight is 517 g/mol. The maximum absolute atomic E-state index is 13.1. The molecule has 0 aromatic carbocycles. The third kappa shape index (κ3) is 6.93. The van der Waals surface area contributed by atoms with Crippen LogP contribution in [0.3, 0.4) is 0 Å². The van der Waals surface area contributed by atoms with Crippen molar-refractivity contribution in [3.05, 3.63) is 12.4 Å². The second-order valence-corrected chi connectivity index (χ2v) is 12.4. The van der Waals surface area contributed by atoms with E-state index in [0.29, 0.717) is 19.0 Å². The third-order valence-corrected chi connectivity index (χ3v) is 7.18. The molecule has 2 aliphatic heterocycles. The van der Waals surface area contributed by atoms with E-state index in [-0.39, 0.29) is 18.0 Å². The second kappa shape index (κ2) is 10.8. The van der Waals surface area contributed by atoms with Crippen LogP contribution in [0.4, 0.5) is 10.7 Å². The van der Waals surface area contributed by atoms with E-state index in [0.717, 1.165) is 18.3 Å². The first-order valence-electron chi connectivity index (χ1n) is 13.2. The lowest BCUT2D eigenvalue weighted by Gasteiger charge is -2.42. The summed E-state index contributed by atoms with van der Waals surface area (Å²) < 4.78 is 17.6. The molecule has 2 aliphatic rings. The maximum Gasteiger partial charge on any atom is 0.498 e. The van der Waals surface area contributed by atoms with Crippen LogP contribution in [0.2, 0.25) is 0 Å². The summed E-state index contributed by atoms with van der Waals surface area (Å²) in [5.74, 6) is 0.478. The zero-order valence-corrected chi connectivity index (χ0v) is 24.1. The molecule has 37 heavy (non-hydrogen) atoms. The summed E-state index contributed by atoms with van der Waals surface area (Å²) in [5.41, 5.74) is -0.728. The van der Waals surface area contributed by atoms with Gasteiger partial charge < -0.3 is 29.2 Å². The van der Waals surface area contributed by atoms with Crippen LogP contribution in [0.5, 0.6) is 0 Å². The van der Waals surface area contributed by atoms with Crippen molar-refractivity contribution in [2.45, 2.75) is 117 Å². The molecular weight excluding hydrogens is 473 g/mol. The minimum atomic E-state index is -0.684. The van der Waals surface area contributed by atoms with Gasteiger partial charge in [-0.05, 0) is 82.1 Å². The van der Waals surface area contributed by atoms with Crippen LogP contribution in [0.15, 0.2) is 12.4 Å². The summed E-state index contributed by atoms with van der Waals surface area (Å²) in [6.07, 6.45) is 4.70. The summed E-state index contributed by atoms with van der Waals surface area (Å²) in [6.45, 7) is 20.5. The molecule has 3 rings (SSSR count). The van der Waals surface area contributed by atoms with Gasteiger partial charge in [0.25, 0.3) is 0 Å². The van der Waals surface area contributed by atoms with Crippen molar-refractivity contribution >= 4 is 30.5 Å². The Bertz CT molecular complexity index is 947. The topological polar surface area (TPSA) is 106 Å². The van der Waals surface area contributed by atoms with Gasteiger partial charge in [-0.15, -0.1) is 0 Å². The lowest BCUT2D eigenvalue weighted by Crippen LogP contribution is -2.56. The number of nitrogens with zero attached hydrogens (tertiary/aromatic N) is 4. The van der Waals surface area contributed by atoms with Gasteiger partial charge in [-0.25, -0.2) is 14.8 Å². The molecule has 0 radical (unpaired) electrons. The number of carbonyl (C=O) groups is 2. The molecule has 2 amide bonds. The molecule has 10 nitrogen and oxygen atoms in total. The Balaban J connectivity index is 1.68. The fourth-order valence-electron chi connectivity index (χ4n) is 4.58. The molecule has 11 heteroatoms. The molecule has 3 heterocycles. The number of piperidine rings is 1. The summed E-state index contributed by atoms with van der Waals surface area (Å²) >= 11 is 0. The van der Waals surface area contributed by atoms with Gasteiger partial charge in [0.15, 0.2) is 0 Å². The quantitative estimate of drug-likeness (QED) is 0.575. The molecule has 0 aliphatic carbocycles. The van der Waals surface area contributed by atoms with Gasteiger partial charge in [0.1, 0.15) is 11.6 Å². The molecule has 2 saturated heterocycles. The molecule has 1 aromatic heterocycles. The smallest absolute Gasteiger partial charge is 0.444 e. The molecule has 1 aromatic rings. The zero-order chi connectivity index (χ0) is 27.8. The zero-order valence-electron chi connectivity index (χ0n) is 24.1. The SMILES string of the molecule is CC(C)N(c1ncc(B2OC(C)(C)C(C)(C)O2)cn1)[C@@H]1CCCN(C(=O)[C@@H](C)NC(=O)OC(C)(C)C)C1. The Kier molecular flexibility index (Phi) is 8.49. The number of anilines is 1. The number of alkyl carbamates (subject to hydrolysis) is 1. The van der Waals surface area contributed by atoms with E-state index < -0.39 is 36.1 Å². The van der Waals surface area contributed by atoms with E-state index in [1.807, 2.05) is 32.6 Å². The Morgan fingerprint density at radius 3 is 2.22 bits per heavy atom. The van der Waals surface area contributed by atoms with Crippen LogP contribution in [-0.4, -0.2) is 82.0 Å². The van der Waals surface area contributed by atoms with Crippen LogP contribution in [0.25, 0.3) is 0 Å². The first kappa shape index (κ1) is 29.2. The minimum absolute atomic E-state index is 0.0501. The Hall–Kier alpha value is -2.40. The van der Waals surface area contributed by atoms with Gasteiger partial charge in [0.05, 0.1) is 11.2 Å². The predicted molar refractivity (Wildman–Crippen MR) is 144 cm³/mol. The van der Waals surface area contributed by atoms with Crippen LogP contribution >= 0.6 is 0 Å². The van der Waals surface area contributed by atoms with Crippen molar-refractivity contribution in [3.8, 4) is 0 Å². The van der Waals surface area contributed by atoms with Gasteiger partial charge in [-0.1, -0.05) is 0 Å². The minimum Gasteiger partial charge on any atom is -0.444 e. The van der Waals surface area contributed by atoms with E-state index in [4.69, 9.17) is 14.0 Å². The number of nitrogens with one attached hydrogen (secondary N) is 1. The van der Waals surface area contributed by atoms with Gasteiger partial charge >= 0.3 is 13.2 Å². The first-order valence-corrected chi connectivity index (χ1v) is 13.2. The van der Waals surface area contributed by atoms with Gasteiger partial charge in [-0.3, -0.25) is 4.79 Å². The first-order chi connectivity index (χ1) is 17.0. The molecule has 2 fully saturated rings. The molecule has 0 bridgehead atoms. The van der Waals surface area contributed by atoms with Crippen LogP contribution < -0.4 is 15.7 Å². The number of likely N-dealkylation sites (tertiary alicyclic amines) is 1. The number of carbonyl (C=O) groups excluding carboxylic acids is 2. The van der Waals surface area contributed by atoms with Gasteiger partial charge in [0.2, 0.25) is 11.9 Å². The van der Waals surface area contributed by atoms with Crippen LogP contribution in [0.1, 0.15) is 82.1 Å². The number of ether oxygens (including phenoxy) is 1. The largest absolute Gasteiger partial charge is 0.498 e. The number of amides is 2. The van der Waals surface area contributed by atoms with Crippen LogP contribution in [-0.2, 0) is 18.8 Å². The van der Waals surface area contributed by atoms with Crippen molar-refractivity contribution in [1.82, 2.24) is 20.2 Å². The monoisotopic (exact) mass is 517 g/mol. The Labute approximate surface area is 222 Å². The molecular formula is C26H44BN5O5. The lowest BCUT2D eigenvalue weighted by atomic mass is 9.81. The second-order valence-electron chi connectivity index (χ2n) is 12.4. The normalized spacial score (nSPS) is 22.1. The highest BCUT2D eigenvalue weighted by Crippen LogP contribution is 2.36. The van der Waals surface area contributed by atoms with Crippen molar-refractivity contribution < 1.29 is 23.6 Å². The fourth-order valence-corrected chi connectivity index (χ4v) is 4.58. The fraction of sp³-hybridized carbons (Fsp3) is 0.769. The third-order valence-electron chi connectivity index (χ3n) is 7.18. The molecule has 0 spiro atoms. The van der Waals surface area contributed by atoms with E-state index >= 15 is 0 Å². The van der Waals surface area contributed by atoms with E-state index in [1.165, 1.54) is 0 Å². The Morgan fingerprint density at radius 1 is 1.14 bits per heavy atom. The average Bonchev–Trinajstić information content (AvgIpc) is 2.99. The summed E-state index contributed by atoms with van der Waals surface area (Å²) in [6, 6.07) is -0.509. The number of hydrogen-bond acceptors (Lipinski definition) is 8. The molecule has 0 unspecified atom stereocenters. The molecule has 1 N–H and O–H groups in total. The number of rotatable bonds is 6. The van der Waals surface area contributed by atoms with Crippen molar-refractivity contribution in [2.24, 2.45) is 0 Å². The summed E-state index contributed by atoms with van der Waals surface area (Å²) in [5, 5.41) is 2.66. The highest BCUT2D eigenvalue weighted by atomic mass is 16.7. The predicted octanol–water partition coefficient (Wildman–Crippen LogP) is 2.89. The van der Waals surface area contributed by atoms with Crippen LogP contribution in [0, 0.1) is 0 Å². The van der Waals surface area contributed by atoms with E-state index in [9.17, 15) is 9.59 Å². The molecule has 2 atom stereocenters. The standard InChI is InChI=1S/C26H44BN5O5/c1-17(2)32(22-28-14-19(15-29-22)27-36-25(7,8)26(9,10)37-27)20-12-11-13-31(16-20)21(33)18(3)30-23(34)35-24(4,5)6/h14-15,17-18,20H,11-13,16H2,1-10H3,(H,30,34)/t18-,20-/m1/s1. The van der Waals surface area contributed by atoms with Gasteiger partial charge in [0, 0.05) is 43.0 Å². The number of hydrogen-bond donors (Lipinski definition) is 1. The Morgan fingerprint density at radius 2 is 1.70 bits per heavy atom. The highest BCUT2D eigenvalue weighted by Gasteiger charge is 2.52. The van der Waals surface area contributed by atoms with Crippen molar-refractivity contribution in [1.29, 1.82) is 0 Å². The lowest BCUT2D eigenvalue weighted by molar-refractivity contribution is -0.134. The highest BCUT2D eigenvalue weighted by molar-refractivity contribution is 6.61. The van der Waals surface area contributed by atoms with Crippen molar-refractivity contribution in [3.63, 3.8) is 0 Å². The number of aromatic nitrogens is 2. The molecule has 206 valence electrons. The van der Waals surface area contributed by atoms with Gasteiger partial charge in [-0.2, -0.15) is 0 Å². The summed E-state index contributed by atoms with van der Waals surface area (Å²) in [4.78, 5) is 38.6. The molecule has 0 saturated carbocycles. The van der Waals surface area contributed by atoms with E-state index in [2.05, 4.69) is 34.0 Å². The maximum atomic E-state index is 13.1. The summed E-state index contributed by atoms with van der Waals surface area (Å²) in [7, 11) is -0.520.